The molecule has 0 N–H and O–H groups in total. The van der Waals surface area contributed by atoms with Crippen LogP contribution in [0.2, 0.25) is 0 Å². The number of rotatable bonds is 8. The molecule has 0 fully saturated rings. The van der Waals surface area contributed by atoms with Gasteiger partial charge < -0.3 is 0 Å². The lowest BCUT2D eigenvalue weighted by Gasteiger charge is -2.00. The van der Waals surface area contributed by atoms with Crippen LogP contribution in [0.25, 0.3) is 0 Å². The van der Waals surface area contributed by atoms with Crippen molar-refractivity contribution in [2.24, 2.45) is 11.8 Å². The summed E-state index contributed by atoms with van der Waals surface area (Å²) in [4.78, 5) is 21.8. The van der Waals surface area contributed by atoms with E-state index in [1.165, 1.54) is 0 Å². The lowest BCUT2D eigenvalue weighted by Crippen LogP contribution is -2.05. The summed E-state index contributed by atoms with van der Waals surface area (Å²) in [6, 6.07) is 0. The molecule has 0 saturated heterocycles. The van der Waals surface area contributed by atoms with E-state index >= 15 is 0 Å². The van der Waals surface area contributed by atoms with Gasteiger partial charge in [0.2, 0.25) is 0 Å². The van der Waals surface area contributed by atoms with E-state index in [9.17, 15) is 9.59 Å². The minimum atomic E-state index is 0.233. The first-order valence-corrected chi connectivity index (χ1v) is 7.42. The summed E-state index contributed by atoms with van der Waals surface area (Å²) in [6.07, 6.45) is 5.90. The van der Waals surface area contributed by atoms with Gasteiger partial charge >= 0.3 is 0 Å². The van der Waals surface area contributed by atoms with Crippen LogP contribution in [0.5, 0.6) is 0 Å². The molecule has 2 heteroatoms. The first-order valence-electron chi connectivity index (χ1n) is 7.42. The normalized spacial score (nSPS) is 10.2. The molecule has 0 aromatic heterocycles. The zero-order chi connectivity index (χ0) is 14.6. The van der Waals surface area contributed by atoms with Crippen LogP contribution >= 0.6 is 0 Å². The molecule has 18 heavy (non-hydrogen) atoms. The molecule has 0 unspecified atom stereocenters. The van der Waals surface area contributed by atoms with Crippen LogP contribution < -0.4 is 0 Å². The molecule has 0 saturated carbocycles. The van der Waals surface area contributed by atoms with E-state index in [0.29, 0.717) is 11.6 Å². The first-order chi connectivity index (χ1) is 8.36. The predicted octanol–water partition coefficient (Wildman–Crippen LogP) is 4.80. The maximum absolute atomic E-state index is 10.9. The van der Waals surface area contributed by atoms with Gasteiger partial charge in [-0.1, -0.05) is 54.4 Å². The summed E-state index contributed by atoms with van der Waals surface area (Å²) in [7, 11) is 0. The van der Waals surface area contributed by atoms with Crippen molar-refractivity contribution in [3.8, 4) is 0 Å². The molecule has 0 aliphatic rings. The molecular weight excluding hydrogens is 224 g/mol. The Bertz CT molecular complexity index is 193. The SMILES string of the molecule is CCCCC(=O)C(C)C.CCCCC(=O)C(C)C. The Balaban J connectivity index is 0. The van der Waals surface area contributed by atoms with E-state index in [2.05, 4.69) is 13.8 Å². The van der Waals surface area contributed by atoms with Crippen molar-refractivity contribution < 1.29 is 9.59 Å². The average molecular weight is 256 g/mol. The maximum atomic E-state index is 10.9. The monoisotopic (exact) mass is 256 g/mol. The molecule has 2 nitrogen and oxygen atoms in total. The summed E-state index contributed by atoms with van der Waals surface area (Å²) >= 11 is 0. The highest BCUT2D eigenvalue weighted by Crippen LogP contribution is 2.03. The molecule has 0 amide bonds. The number of ketones is 2. The first kappa shape index (κ1) is 19.7. The Hall–Kier alpha value is -0.660. The molecule has 0 aliphatic heterocycles. The standard InChI is InChI=1S/2C8H16O/c2*1-4-5-6-8(9)7(2)3/h2*7H,4-6H2,1-3H3. The number of hydrogen-bond donors (Lipinski definition) is 0. The lowest BCUT2D eigenvalue weighted by atomic mass is 10.0. The molecule has 0 aromatic carbocycles. The molecule has 0 bridgehead atoms. The predicted molar refractivity (Wildman–Crippen MR) is 78.7 cm³/mol. The third kappa shape index (κ3) is 13.4. The highest BCUT2D eigenvalue weighted by atomic mass is 16.1. The zero-order valence-corrected chi connectivity index (χ0v) is 13.2. The van der Waals surface area contributed by atoms with Crippen molar-refractivity contribution in [1.29, 1.82) is 0 Å². The van der Waals surface area contributed by atoms with Crippen LogP contribution in [0.15, 0.2) is 0 Å². The van der Waals surface area contributed by atoms with E-state index in [-0.39, 0.29) is 11.8 Å². The molecule has 108 valence electrons. The second kappa shape index (κ2) is 12.8. The Morgan fingerprint density at radius 1 is 0.722 bits per heavy atom. The molecule has 0 aromatic rings. The number of unbranched alkanes of at least 4 members (excludes halogenated alkanes) is 2. The van der Waals surface area contributed by atoms with E-state index in [1.807, 2.05) is 27.7 Å². The molecular formula is C16H32O2. The van der Waals surface area contributed by atoms with Crippen molar-refractivity contribution in [3.63, 3.8) is 0 Å². The fourth-order valence-electron chi connectivity index (χ4n) is 1.28. The summed E-state index contributed by atoms with van der Waals surface area (Å²) in [5.74, 6) is 1.27. The Morgan fingerprint density at radius 3 is 1.17 bits per heavy atom. The Morgan fingerprint density at radius 2 is 1.00 bits per heavy atom. The minimum absolute atomic E-state index is 0.233. The summed E-state index contributed by atoms with van der Waals surface area (Å²) in [6.45, 7) is 12.0. The average Bonchev–Trinajstić information content (AvgIpc) is 2.33. The fourth-order valence-corrected chi connectivity index (χ4v) is 1.28. The molecule has 0 radical (unpaired) electrons. The molecule has 0 atom stereocenters. The molecule has 0 rings (SSSR count). The van der Waals surface area contributed by atoms with E-state index in [4.69, 9.17) is 0 Å². The zero-order valence-electron chi connectivity index (χ0n) is 13.2. The summed E-state index contributed by atoms with van der Waals surface area (Å²) in [5, 5.41) is 0. The molecule has 0 aliphatic carbocycles. The van der Waals surface area contributed by atoms with E-state index < -0.39 is 0 Å². The van der Waals surface area contributed by atoms with Crippen LogP contribution in [0.4, 0.5) is 0 Å². The fraction of sp³-hybridized carbons (Fsp3) is 0.875. The van der Waals surface area contributed by atoms with Gasteiger partial charge in [-0.2, -0.15) is 0 Å². The summed E-state index contributed by atoms with van der Waals surface area (Å²) in [5.41, 5.74) is 0. The van der Waals surface area contributed by atoms with Gasteiger partial charge in [0.1, 0.15) is 11.6 Å². The van der Waals surface area contributed by atoms with Crippen molar-refractivity contribution in [1.82, 2.24) is 0 Å². The van der Waals surface area contributed by atoms with Crippen LogP contribution in [-0.2, 0) is 9.59 Å². The summed E-state index contributed by atoms with van der Waals surface area (Å²) < 4.78 is 0. The van der Waals surface area contributed by atoms with Gasteiger partial charge in [0, 0.05) is 24.7 Å². The second-order valence-corrected chi connectivity index (χ2v) is 5.45. The van der Waals surface area contributed by atoms with Crippen molar-refractivity contribution in [2.75, 3.05) is 0 Å². The molecule has 0 spiro atoms. The van der Waals surface area contributed by atoms with Gasteiger partial charge in [-0.3, -0.25) is 9.59 Å². The van der Waals surface area contributed by atoms with Crippen molar-refractivity contribution in [3.05, 3.63) is 0 Å². The van der Waals surface area contributed by atoms with Gasteiger partial charge in [0.25, 0.3) is 0 Å². The molecule has 0 heterocycles. The smallest absolute Gasteiger partial charge is 0.135 e. The number of Topliss-reactive ketones (excluding diaryl/α,β-unsaturated/α-hetero) is 2. The number of hydrogen-bond acceptors (Lipinski definition) is 2. The Labute approximate surface area is 114 Å². The minimum Gasteiger partial charge on any atom is -0.299 e. The van der Waals surface area contributed by atoms with Crippen molar-refractivity contribution in [2.45, 2.75) is 80.1 Å². The quantitative estimate of drug-likeness (QED) is 0.625. The van der Waals surface area contributed by atoms with Crippen molar-refractivity contribution >= 4 is 11.6 Å². The van der Waals surface area contributed by atoms with Gasteiger partial charge in [-0.05, 0) is 12.8 Å². The largest absolute Gasteiger partial charge is 0.299 e. The highest BCUT2D eigenvalue weighted by Gasteiger charge is 2.04. The van der Waals surface area contributed by atoms with Gasteiger partial charge in [0.15, 0.2) is 0 Å². The third-order valence-electron chi connectivity index (χ3n) is 2.84. The van der Waals surface area contributed by atoms with Gasteiger partial charge in [-0.25, -0.2) is 0 Å². The maximum Gasteiger partial charge on any atom is 0.135 e. The van der Waals surface area contributed by atoms with Crippen LogP contribution in [0, 0.1) is 11.8 Å². The third-order valence-corrected chi connectivity index (χ3v) is 2.84. The van der Waals surface area contributed by atoms with Crippen LogP contribution in [-0.4, -0.2) is 11.6 Å². The Kier molecular flexibility index (Phi) is 14.0. The number of carbonyl (C=O) groups excluding carboxylic acids is 2. The highest BCUT2D eigenvalue weighted by molar-refractivity contribution is 5.80. The topological polar surface area (TPSA) is 34.1 Å². The van der Waals surface area contributed by atoms with Crippen LogP contribution in [0.3, 0.4) is 0 Å². The second-order valence-electron chi connectivity index (χ2n) is 5.45. The van der Waals surface area contributed by atoms with Crippen LogP contribution in [0.1, 0.15) is 80.1 Å². The van der Waals surface area contributed by atoms with E-state index in [0.717, 1.165) is 38.5 Å². The lowest BCUT2D eigenvalue weighted by molar-refractivity contribution is -0.122. The number of carbonyl (C=O) groups is 2. The van der Waals surface area contributed by atoms with Gasteiger partial charge in [0.05, 0.1) is 0 Å². The van der Waals surface area contributed by atoms with E-state index in [1.54, 1.807) is 0 Å². The van der Waals surface area contributed by atoms with Gasteiger partial charge in [-0.15, -0.1) is 0 Å².